The van der Waals surface area contributed by atoms with Crippen molar-refractivity contribution in [3.8, 4) is 11.5 Å². The topological polar surface area (TPSA) is 76.5 Å². The first-order valence-electron chi connectivity index (χ1n) is 6.54. The number of benzene rings is 2. The van der Waals surface area contributed by atoms with E-state index in [4.69, 9.17) is 4.18 Å². The maximum Gasteiger partial charge on any atom is 0.339 e. The fraction of sp³-hybridized carbons (Fsp3) is 0.0625. The molecule has 2 aromatic carbocycles. The number of aromatic hydroxyl groups is 1. The molecule has 0 amide bonds. The van der Waals surface area contributed by atoms with Crippen molar-refractivity contribution < 1.29 is 17.7 Å². The van der Waals surface area contributed by atoms with E-state index in [1.807, 2.05) is 0 Å². The highest BCUT2D eigenvalue weighted by Crippen LogP contribution is 2.28. The summed E-state index contributed by atoms with van der Waals surface area (Å²) in [5, 5.41) is 10.8. The second-order valence-corrected chi connectivity index (χ2v) is 6.41. The minimum absolute atomic E-state index is 0.0488. The molecule has 1 heterocycles. The van der Waals surface area contributed by atoms with E-state index in [1.54, 1.807) is 37.4 Å². The molecule has 1 aromatic heterocycles. The first-order valence-corrected chi connectivity index (χ1v) is 7.94. The van der Waals surface area contributed by atoms with Gasteiger partial charge in [-0.15, -0.1) is 0 Å². The van der Waals surface area contributed by atoms with Gasteiger partial charge in [0.15, 0.2) is 0 Å². The van der Waals surface area contributed by atoms with Crippen LogP contribution in [-0.4, -0.2) is 18.5 Å². The zero-order valence-electron chi connectivity index (χ0n) is 11.7. The summed E-state index contributed by atoms with van der Waals surface area (Å²) < 4.78 is 30.2. The van der Waals surface area contributed by atoms with Crippen molar-refractivity contribution in [2.24, 2.45) is 0 Å². The van der Waals surface area contributed by atoms with E-state index in [0.717, 1.165) is 0 Å². The number of hydrogen-bond acceptors (Lipinski definition) is 5. The molecule has 0 atom stereocenters. The summed E-state index contributed by atoms with van der Waals surface area (Å²) in [6, 6.07) is 10.8. The molecule has 0 aliphatic heterocycles. The summed E-state index contributed by atoms with van der Waals surface area (Å²) in [4.78, 5) is 4.04. The summed E-state index contributed by atoms with van der Waals surface area (Å²) >= 11 is 0. The van der Waals surface area contributed by atoms with Crippen molar-refractivity contribution in [3.63, 3.8) is 0 Å². The van der Waals surface area contributed by atoms with Crippen LogP contribution in [0.15, 0.2) is 59.8 Å². The number of aryl methyl sites for hydroxylation is 1. The van der Waals surface area contributed by atoms with Gasteiger partial charge in [0.25, 0.3) is 0 Å². The van der Waals surface area contributed by atoms with Crippen LogP contribution in [0.4, 0.5) is 0 Å². The van der Waals surface area contributed by atoms with Crippen molar-refractivity contribution in [2.75, 3.05) is 0 Å². The number of fused-ring (bicyclic) bond motifs is 1. The number of rotatable bonds is 3. The van der Waals surface area contributed by atoms with Crippen molar-refractivity contribution in [1.29, 1.82) is 0 Å². The Morgan fingerprint density at radius 3 is 2.73 bits per heavy atom. The van der Waals surface area contributed by atoms with Crippen LogP contribution in [0.2, 0.25) is 0 Å². The zero-order chi connectivity index (χ0) is 15.7. The largest absolute Gasteiger partial charge is 0.508 e. The maximum atomic E-state index is 12.5. The van der Waals surface area contributed by atoms with Gasteiger partial charge in [0.1, 0.15) is 16.4 Å². The van der Waals surface area contributed by atoms with Gasteiger partial charge in [0, 0.05) is 29.2 Å². The van der Waals surface area contributed by atoms with Crippen molar-refractivity contribution >= 4 is 20.9 Å². The van der Waals surface area contributed by atoms with E-state index in [-0.39, 0.29) is 16.4 Å². The molecule has 0 aliphatic carbocycles. The number of aromatic nitrogens is 1. The molecule has 112 valence electrons. The Kier molecular flexibility index (Phi) is 3.46. The monoisotopic (exact) mass is 315 g/mol. The molecule has 0 unspecified atom stereocenters. The second kappa shape index (κ2) is 5.31. The highest BCUT2D eigenvalue weighted by atomic mass is 32.2. The van der Waals surface area contributed by atoms with Crippen LogP contribution in [-0.2, 0) is 10.1 Å². The van der Waals surface area contributed by atoms with Crippen LogP contribution in [0.1, 0.15) is 5.56 Å². The van der Waals surface area contributed by atoms with Gasteiger partial charge in [-0.3, -0.25) is 4.98 Å². The molecule has 0 saturated carbocycles. The third kappa shape index (κ3) is 2.73. The lowest BCUT2D eigenvalue weighted by Gasteiger charge is -2.10. The van der Waals surface area contributed by atoms with Crippen LogP contribution in [0.5, 0.6) is 11.5 Å². The van der Waals surface area contributed by atoms with Gasteiger partial charge in [-0.05, 0) is 36.8 Å². The molecule has 0 radical (unpaired) electrons. The summed E-state index contributed by atoms with van der Waals surface area (Å²) in [7, 11) is -4.01. The number of phenols is 1. The average Bonchev–Trinajstić information content (AvgIpc) is 2.45. The fourth-order valence-corrected chi connectivity index (χ4v) is 3.40. The van der Waals surface area contributed by atoms with Gasteiger partial charge in [-0.2, -0.15) is 8.42 Å². The molecule has 22 heavy (non-hydrogen) atoms. The Morgan fingerprint density at radius 2 is 1.95 bits per heavy atom. The molecule has 0 fully saturated rings. The van der Waals surface area contributed by atoms with E-state index >= 15 is 0 Å². The Balaban J connectivity index is 2.09. The molecule has 5 nitrogen and oxygen atoms in total. The van der Waals surface area contributed by atoms with E-state index in [2.05, 4.69) is 4.98 Å². The first-order chi connectivity index (χ1) is 10.5. The number of phenolic OH excluding ortho intramolecular Hbond substituents is 1. The number of nitrogens with zero attached hydrogens (tertiary/aromatic N) is 1. The van der Waals surface area contributed by atoms with Gasteiger partial charge in [0.2, 0.25) is 0 Å². The van der Waals surface area contributed by atoms with Gasteiger partial charge < -0.3 is 9.29 Å². The van der Waals surface area contributed by atoms with E-state index in [0.29, 0.717) is 16.3 Å². The van der Waals surface area contributed by atoms with E-state index in [1.165, 1.54) is 24.4 Å². The van der Waals surface area contributed by atoms with Gasteiger partial charge in [0.05, 0.1) is 0 Å². The van der Waals surface area contributed by atoms with Crippen molar-refractivity contribution in [1.82, 2.24) is 4.98 Å². The number of pyridine rings is 1. The third-order valence-corrected chi connectivity index (χ3v) is 4.46. The summed E-state index contributed by atoms with van der Waals surface area (Å²) in [5.74, 6) is 0.0240. The molecule has 1 N–H and O–H groups in total. The zero-order valence-corrected chi connectivity index (χ0v) is 12.5. The van der Waals surface area contributed by atoms with Gasteiger partial charge >= 0.3 is 10.1 Å². The standard InChI is InChI=1S/C16H13NO4S/c1-11-7-13(18)9-14(8-11)21-22(19,20)16-4-2-3-12-10-17-6-5-15(12)16/h2-10,18H,1H3. The predicted octanol–water partition coefficient (Wildman–Crippen LogP) is 3.02. The third-order valence-electron chi connectivity index (χ3n) is 3.15. The molecular formula is C16H13NO4S. The minimum Gasteiger partial charge on any atom is -0.508 e. The van der Waals surface area contributed by atoms with Crippen LogP contribution >= 0.6 is 0 Å². The molecule has 6 heteroatoms. The van der Waals surface area contributed by atoms with Gasteiger partial charge in [-0.25, -0.2) is 0 Å². The molecule has 0 aliphatic rings. The summed E-state index contributed by atoms with van der Waals surface area (Å²) in [6.45, 7) is 1.74. The van der Waals surface area contributed by atoms with Gasteiger partial charge in [-0.1, -0.05) is 12.1 Å². The van der Waals surface area contributed by atoms with Crippen molar-refractivity contribution in [2.45, 2.75) is 11.8 Å². The van der Waals surface area contributed by atoms with Crippen LogP contribution in [0, 0.1) is 6.92 Å². The van der Waals surface area contributed by atoms with Crippen LogP contribution in [0.3, 0.4) is 0 Å². The summed E-state index contributed by atoms with van der Waals surface area (Å²) in [6.07, 6.45) is 3.12. The molecule has 0 saturated heterocycles. The maximum absolute atomic E-state index is 12.5. The van der Waals surface area contributed by atoms with Crippen LogP contribution in [0.25, 0.3) is 10.8 Å². The quantitative estimate of drug-likeness (QED) is 0.752. The highest BCUT2D eigenvalue weighted by molar-refractivity contribution is 7.87. The highest BCUT2D eigenvalue weighted by Gasteiger charge is 2.20. The van der Waals surface area contributed by atoms with E-state index in [9.17, 15) is 13.5 Å². The number of hydrogen-bond donors (Lipinski definition) is 1. The Labute approximate surface area is 127 Å². The minimum atomic E-state index is -4.01. The summed E-state index contributed by atoms with van der Waals surface area (Å²) in [5.41, 5.74) is 0.701. The molecule has 3 aromatic rings. The Bertz CT molecular complexity index is 926. The fourth-order valence-electron chi connectivity index (χ4n) is 2.26. The predicted molar refractivity (Wildman–Crippen MR) is 82.4 cm³/mol. The average molecular weight is 315 g/mol. The Morgan fingerprint density at radius 1 is 1.14 bits per heavy atom. The molecule has 0 bridgehead atoms. The first kappa shape index (κ1) is 14.3. The lowest BCUT2D eigenvalue weighted by atomic mass is 10.2. The smallest absolute Gasteiger partial charge is 0.339 e. The lowest BCUT2D eigenvalue weighted by molar-refractivity contribution is 0.463. The van der Waals surface area contributed by atoms with Crippen LogP contribution < -0.4 is 4.18 Å². The molecule has 3 rings (SSSR count). The normalized spacial score (nSPS) is 11.5. The SMILES string of the molecule is Cc1cc(O)cc(OS(=O)(=O)c2cccc3cnccc23)c1. The van der Waals surface area contributed by atoms with Crippen molar-refractivity contribution in [3.05, 3.63) is 60.4 Å². The lowest BCUT2D eigenvalue weighted by Crippen LogP contribution is -2.10. The van der Waals surface area contributed by atoms with E-state index < -0.39 is 10.1 Å². The molecular weight excluding hydrogens is 302 g/mol. The Hall–Kier alpha value is -2.60. The molecule has 0 spiro atoms. The second-order valence-electron chi connectivity index (χ2n) is 4.89.